The third-order valence-electron chi connectivity index (χ3n) is 5.93. The Hall–Kier alpha value is -2.74. The monoisotopic (exact) mass is 430 g/mol. The minimum absolute atomic E-state index is 0.00193. The number of fused-ring (bicyclic) bond motifs is 1. The molecule has 3 aromatic rings. The van der Waals surface area contributed by atoms with Crippen molar-refractivity contribution >= 4 is 33.5 Å². The lowest BCUT2D eigenvalue weighted by Crippen LogP contribution is -2.36. The molecule has 5 nitrogen and oxygen atoms in total. The minimum atomic E-state index is -2.09. The lowest BCUT2D eigenvalue weighted by atomic mass is 9.80. The Morgan fingerprint density at radius 3 is 2.57 bits per heavy atom. The topological polar surface area (TPSA) is 62.6 Å². The Morgan fingerprint density at radius 1 is 1.10 bits per heavy atom. The Morgan fingerprint density at radius 2 is 1.90 bits per heavy atom. The van der Waals surface area contributed by atoms with Crippen molar-refractivity contribution in [1.82, 2.24) is 4.72 Å². The number of hydrogen-bond donors (Lipinski definition) is 1. The van der Waals surface area contributed by atoms with Gasteiger partial charge in [0.05, 0.1) is 10.3 Å². The Balaban J connectivity index is 1.41. The molecule has 0 bridgehead atoms. The molecule has 1 aliphatic heterocycles. The van der Waals surface area contributed by atoms with Crippen LogP contribution in [0.3, 0.4) is 0 Å². The Labute approximate surface area is 174 Å². The molecule has 1 amide bonds. The first-order valence-electron chi connectivity index (χ1n) is 10.0. The average molecular weight is 430 g/mol. The van der Waals surface area contributed by atoms with E-state index in [1.165, 1.54) is 18.2 Å². The standard InChI is InChI=1S/C22H20F2N2O3S/c23-17-7-2-6-15(13-4-1-5-13)21(17)30(28)25-22(27)20-12-16-18(24)10-14(11-19(16)29-20)26-8-3-9-26/h2,6-7,10-13H,1,3-5,8-9H2,(H,25,27). The highest BCUT2D eigenvalue weighted by atomic mass is 32.2. The van der Waals surface area contributed by atoms with E-state index in [-0.39, 0.29) is 27.5 Å². The summed E-state index contributed by atoms with van der Waals surface area (Å²) in [5.74, 6) is -1.90. The molecule has 30 heavy (non-hydrogen) atoms. The van der Waals surface area contributed by atoms with Crippen LogP contribution in [-0.2, 0) is 11.0 Å². The van der Waals surface area contributed by atoms with Gasteiger partial charge in [-0.2, -0.15) is 0 Å². The molecule has 0 radical (unpaired) electrons. The van der Waals surface area contributed by atoms with Crippen molar-refractivity contribution in [2.24, 2.45) is 0 Å². The van der Waals surface area contributed by atoms with Crippen molar-refractivity contribution in [3.8, 4) is 0 Å². The first-order valence-corrected chi connectivity index (χ1v) is 11.2. The number of furan rings is 1. The summed E-state index contributed by atoms with van der Waals surface area (Å²) in [6.45, 7) is 1.70. The molecule has 1 aromatic heterocycles. The van der Waals surface area contributed by atoms with Gasteiger partial charge in [-0.15, -0.1) is 0 Å². The summed E-state index contributed by atoms with van der Waals surface area (Å²) in [6.07, 6.45) is 3.91. The van der Waals surface area contributed by atoms with Crippen molar-refractivity contribution < 1.29 is 22.2 Å². The van der Waals surface area contributed by atoms with Crippen LogP contribution in [0.5, 0.6) is 0 Å². The highest BCUT2D eigenvalue weighted by molar-refractivity contribution is 7.83. The molecule has 1 aliphatic carbocycles. The summed E-state index contributed by atoms with van der Waals surface area (Å²) in [5, 5.41) is 0.177. The van der Waals surface area contributed by atoms with E-state index < -0.39 is 28.5 Å². The number of nitrogens with one attached hydrogen (secondary N) is 1. The zero-order valence-corrected chi connectivity index (χ0v) is 16.9. The SMILES string of the molecule is O=C(NS(=O)c1c(F)cccc1C1CCC1)c1cc2c(F)cc(N3CCC3)cc2o1. The largest absolute Gasteiger partial charge is 0.451 e. The van der Waals surface area contributed by atoms with Gasteiger partial charge in [0, 0.05) is 30.9 Å². The molecule has 1 unspecified atom stereocenters. The van der Waals surface area contributed by atoms with E-state index in [0.717, 1.165) is 38.8 Å². The van der Waals surface area contributed by atoms with Gasteiger partial charge in [0.25, 0.3) is 5.91 Å². The molecule has 2 aromatic carbocycles. The maximum atomic E-state index is 14.5. The van der Waals surface area contributed by atoms with Gasteiger partial charge in [-0.25, -0.2) is 13.0 Å². The molecule has 8 heteroatoms. The summed E-state index contributed by atoms with van der Waals surface area (Å²) in [7, 11) is -2.09. The highest BCUT2D eigenvalue weighted by Crippen LogP contribution is 2.39. The van der Waals surface area contributed by atoms with Crippen molar-refractivity contribution in [3.63, 3.8) is 0 Å². The van der Waals surface area contributed by atoms with E-state index in [2.05, 4.69) is 4.72 Å². The number of benzene rings is 2. The number of carbonyl (C=O) groups excluding carboxylic acids is 1. The zero-order chi connectivity index (χ0) is 20.8. The van der Waals surface area contributed by atoms with Gasteiger partial charge >= 0.3 is 0 Å². The van der Waals surface area contributed by atoms with Crippen molar-refractivity contribution in [2.45, 2.75) is 36.5 Å². The molecule has 5 rings (SSSR count). The fourth-order valence-corrected chi connectivity index (χ4v) is 4.96. The van der Waals surface area contributed by atoms with Crippen LogP contribution in [0, 0.1) is 11.6 Å². The van der Waals surface area contributed by atoms with Crippen molar-refractivity contribution in [2.75, 3.05) is 18.0 Å². The zero-order valence-electron chi connectivity index (χ0n) is 16.1. The lowest BCUT2D eigenvalue weighted by molar-refractivity contribution is 0.0958. The van der Waals surface area contributed by atoms with Crippen LogP contribution in [0.25, 0.3) is 11.0 Å². The van der Waals surface area contributed by atoms with Crippen LogP contribution >= 0.6 is 0 Å². The summed E-state index contributed by atoms with van der Waals surface area (Å²) in [5.41, 5.74) is 1.61. The molecular weight excluding hydrogens is 410 g/mol. The molecule has 2 heterocycles. The molecule has 1 atom stereocenters. The van der Waals surface area contributed by atoms with Crippen LogP contribution < -0.4 is 9.62 Å². The second kappa shape index (κ2) is 7.50. The maximum Gasteiger partial charge on any atom is 0.298 e. The fourth-order valence-electron chi connectivity index (χ4n) is 3.90. The van der Waals surface area contributed by atoms with Gasteiger partial charge in [-0.3, -0.25) is 9.52 Å². The summed E-state index contributed by atoms with van der Waals surface area (Å²) in [4.78, 5) is 14.6. The van der Waals surface area contributed by atoms with Crippen LogP contribution in [0.2, 0.25) is 0 Å². The number of amides is 1. The van der Waals surface area contributed by atoms with Crippen LogP contribution in [0.1, 0.15) is 47.7 Å². The van der Waals surface area contributed by atoms with E-state index >= 15 is 0 Å². The number of nitrogens with zero attached hydrogens (tertiary/aromatic N) is 1. The van der Waals surface area contributed by atoms with Crippen LogP contribution in [0.4, 0.5) is 14.5 Å². The first-order chi connectivity index (χ1) is 14.5. The summed E-state index contributed by atoms with van der Waals surface area (Å²) >= 11 is 0. The Bertz CT molecular complexity index is 1170. The van der Waals surface area contributed by atoms with Crippen molar-refractivity contribution in [3.05, 3.63) is 59.4 Å². The number of hydrogen-bond acceptors (Lipinski definition) is 4. The van der Waals surface area contributed by atoms with Crippen molar-refractivity contribution in [1.29, 1.82) is 0 Å². The summed E-state index contributed by atoms with van der Waals surface area (Å²) < 4.78 is 49.6. The smallest absolute Gasteiger partial charge is 0.298 e. The van der Waals surface area contributed by atoms with E-state index in [0.29, 0.717) is 11.3 Å². The maximum absolute atomic E-state index is 14.5. The normalized spacial score (nSPS) is 17.5. The summed E-state index contributed by atoms with van der Waals surface area (Å²) in [6, 6.07) is 8.96. The fraction of sp³-hybridized carbons (Fsp3) is 0.318. The lowest BCUT2D eigenvalue weighted by Gasteiger charge is -2.33. The Kier molecular flexibility index (Phi) is 4.81. The van der Waals surface area contributed by atoms with E-state index in [9.17, 15) is 17.8 Å². The minimum Gasteiger partial charge on any atom is -0.451 e. The molecule has 2 aliphatic rings. The van der Waals surface area contributed by atoms with Crippen LogP contribution in [-0.4, -0.2) is 23.2 Å². The van der Waals surface area contributed by atoms with E-state index in [1.54, 1.807) is 18.2 Å². The van der Waals surface area contributed by atoms with Gasteiger partial charge in [0.2, 0.25) is 0 Å². The molecule has 1 N–H and O–H groups in total. The molecular formula is C22H20F2N2O3S. The number of carbonyl (C=O) groups is 1. The van der Waals surface area contributed by atoms with Gasteiger partial charge in [0.1, 0.15) is 17.2 Å². The van der Waals surface area contributed by atoms with Gasteiger partial charge in [-0.05, 0) is 42.9 Å². The first kappa shape index (κ1) is 19.2. The number of halogens is 2. The highest BCUT2D eigenvalue weighted by Gasteiger charge is 2.28. The van der Waals surface area contributed by atoms with E-state index in [1.807, 2.05) is 4.90 Å². The van der Waals surface area contributed by atoms with E-state index in [4.69, 9.17) is 4.42 Å². The molecule has 1 saturated carbocycles. The third kappa shape index (κ3) is 3.29. The van der Waals surface area contributed by atoms with Gasteiger partial charge in [0.15, 0.2) is 16.7 Å². The average Bonchev–Trinajstić information content (AvgIpc) is 3.04. The van der Waals surface area contributed by atoms with Crippen LogP contribution in [0.15, 0.2) is 45.7 Å². The van der Waals surface area contributed by atoms with Gasteiger partial charge < -0.3 is 9.32 Å². The molecule has 0 spiro atoms. The van der Waals surface area contributed by atoms with Gasteiger partial charge in [-0.1, -0.05) is 18.6 Å². The molecule has 2 fully saturated rings. The quantitative estimate of drug-likeness (QED) is 0.641. The second-order valence-electron chi connectivity index (χ2n) is 7.78. The molecule has 156 valence electrons. The number of rotatable bonds is 5. The third-order valence-corrected chi connectivity index (χ3v) is 7.10. The second-order valence-corrected chi connectivity index (χ2v) is 8.93. The predicted molar refractivity (Wildman–Crippen MR) is 110 cm³/mol. The molecule has 1 saturated heterocycles. The predicted octanol–water partition coefficient (Wildman–Crippen LogP) is 4.64. The number of anilines is 1.